The zero-order chi connectivity index (χ0) is 16.8. The highest BCUT2D eigenvalue weighted by Gasteiger charge is 2.25. The van der Waals surface area contributed by atoms with Gasteiger partial charge in [-0.2, -0.15) is 0 Å². The number of hydrogen-bond donors (Lipinski definition) is 2. The highest BCUT2D eigenvalue weighted by atomic mass is 16.2. The molecular weight excluding hydrogens is 300 g/mol. The van der Waals surface area contributed by atoms with E-state index >= 15 is 0 Å². The monoisotopic (exact) mass is 324 g/mol. The number of aromatic nitrogens is 1. The number of aryl methyl sites for hydroxylation is 1. The second-order valence-electron chi connectivity index (χ2n) is 6.18. The van der Waals surface area contributed by atoms with Crippen molar-refractivity contribution in [3.8, 4) is 0 Å². The Kier molecular flexibility index (Phi) is 5.56. The minimum atomic E-state index is 0.0639. The summed E-state index contributed by atoms with van der Waals surface area (Å²) in [5, 5.41) is 6.44. The molecule has 2 heterocycles. The largest absolute Gasteiger partial charge is 0.351 e. The molecule has 3 rings (SSSR count). The average molecular weight is 324 g/mol. The van der Waals surface area contributed by atoms with E-state index in [-0.39, 0.29) is 11.9 Å². The lowest BCUT2D eigenvalue weighted by atomic mass is 10.1. The van der Waals surface area contributed by atoms with Gasteiger partial charge in [-0.05, 0) is 29.7 Å². The number of nitrogens with one attached hydrogen (secondary N) is 2. The molecule has 1 fully saturated rings. The van der Waals surface area contributed by atoms with Gasteiger partial charge in [-0.3, -0.25) is 14.7 Å². The lowest BCUT2D eigenvalue weighted by molar-refractivity contribution is -0.123. The van der Waals surface area contributed by atoms with Gasteiger partial charge < -0.3 is 10.6 Å². The van der Waals surface area contributed by atoms with Crippen LogP contribution in [0.1, 0.15) is 22.7 Å². The lowest BCUT2D eigenvalue weighted by Gasteiger charge is -2.35. The van der Waals surface area contributed by atoms with Gasteiger partial charge in [-0.25, -0.2) is 0 Å². The number of piperazine rings is 1. The predicted octanol–water partition coefficient (Wildman–Crippen LogP) is 1.65. The standard InChI is InChI=1S/C19H24N4O/c1-15-5-2-3-6-16(15)12-22-19(24)14-23-10-9-21-13-18(23)17-7-4-8-20-11-17/h2-8,11,18,21H,9-10,12-14H2,1H3,(H,22,24). The van der Waals surface area contributed by atoms with Crippen molar-refractivity contribution in [2.75, 3.05) is 26.2 Å². The van der Waals surface area contributed by atoms with Gasteiger partial charge in [-0.15, -0.1) is 0 Å². The molecule has 1 saturated heterocycles. The highest BCUT2D eigenvalue weighted by molar-refractivity contribution is 5.78. The van der Waals surface area contributed by atoms with E-state index in [1.54, 1.807) is 6.20 Å². The minimum Gasteiger partial charge on any atom is -0.351 e. The number of nitrogens with zero attached hydrogens (tertiary/aromatic N) is 2. The molecule has 0 spiro atoms. The Morgan fingerprint density at radius 3 is 3.00 bits per heavy atom. The topological polar surface area (TPSA) is 57.3 Å². The zero-order valence-corrected chi connectivity index (χ0v) is 14.0. The molecule has 1 unspecified atom stereocenters. The SMILES string of the molecule is Cc1ccccc1CNC(=O)CN1CCNCC1c1cccnc1. The molecule has 1 aliphatic rings. The molecule has 0 radical (unpaired) electrons. The van der Waals surface area contributed by atoms with Crippen LogP contribution < -0.4 is 10.6 Å². The molecule has 1 atom stereocenters. The van der Waals surface area contributed by atoms with Crippen LogP contribution in [0.15, 0.2) is 48.8 Å². The van der Waals surface area contributed by atoms with Crippen molar-refractivity contribution in [2.45, 2.75) is 19.5 Å². The maximum Gasteiger partial charge on any atom is 0.234 e. The van der Waals surface area contributed by atoms with Gasteiger partial charge in [0.05, 0.1) is 6.54 Å². The number of rotatable bonds is 5. The lowest BCUT2D eigenvalue weighted by Crippen LogP contribution is -2.49. The number of pyridine rings is 1. The van der Waals surface area contributed by atoms with Crippen molar-refractivity contribution in [3.63, 3.8) is 0 Å². The first-order valence-corrected chi connectivity index (χ1v) is 8.40. The molecule has 24 heavy (non-hydrogen) atoms. The zero-order valence-electron chi connectivity index (χ0n) is 14.0. The molecule has 5 heteroatoms. The van der Waals surface area contributed by atoms with Crippen LogP contribution >= 0.6 is 0 Å². The number of carbonyl (C=O) groups is 1. The maximum absolute atomic E-state index is 12.4. The average Bonchev–Trinajstić information content (AvgIpc) is 2.62. The normalized spacial score (nSPS) is 18.3. The molecule has 0 saturated carbocycles. The van der Waals surface area contributed by atoms with Crippen LogP contribution in [-0.2, 0) is 11.3 Å². The van der Waals surface area contributed by atoms with E-state index in [2.05, 4.69) is 45.6 Å². The van der Waals surface area contributed by atoms with Gasteiger partial charge in [-0.1, -0.05) is 30.3 Å². The summed E-state index contributed by atoms with van der Waals surface area (Å²) in [4.78, 5) is 18.8. The summed E-state index contributed by atoms with van der Waals surface area (Å²) in [6, 6.07) is 12.3. The smallest absolute Gasteiger partial charge is 0.234 e. The number of benzene rings is 1. The molecule has 5 nitrogen and oxygen atoms in total. The Morgan fingerprint density at radius 2 is 2.21 bits per heavy atom. The van der Waals surface area contributed by atoms with Gasteiger partial charge in [0.25, 0.3) is 0 Å². The third kappa shape index (κ3) is 4.19. The van der Waals surface area contributed by atoms with Crippen LogP contribution in [0.4, 0.5) is 0 Å². The second kappa shape index (κ2) is 8.04. The fourth-order valence-electron chi connectivity index (χ4n) is 3.08. The second-order valence-corrected chi connectivity index (χ2v) is 6.18. The van der Waals surface area contributed by atoms with Crippen molar-refractivity contribution in [1.82, 2.24) is 20.5 Å². The summed E-state index contributed by atoms with van der Waals surface area (Å²) < 4.78 is 0. The first kappa shape index (κ1) is 16.6. The van der Waals surface area contributed by atoms with Gasteiger partial charge in [0.1, 0.15) is 0 Å². The Bertz CT molecular complexity index is 674. The van der Waals surface area contributed by atoms with Gasteiger partial charge in [0.2, 0.25) is 5.91 Å². The molecule has 2 aromatic rings. The molecule has 1 amide bonds. The number of amides is 1. The van der Waals surface area contributed by atoms with Crippen molar-refractivity contribution >= 4 is 5.91 Å². The summed E-state index contributed by atoms with van der Waals surface area (Å²) in [6.45, 7) is 5.66. The third-order valence-corrected chi connectivity index (χ3v) is 4.51. The van der Waals surface area contributed by atoms with Crippen molar-refractivity contribution in [1.29, 1.82) is 0 Å². The van der Waals surface area contributed by atoms with Crippen LogP contribution in [-0.4, -0.2) is 42.0 Å². The Hall–Kier alpha value is -2.24. The Labute approximate surface area is 143 Å². The van der Waals surface area contributed by atoms with E-state index in [1.807, 2.05) is 24.4 Å². The van der Waals surface area contributed by atoms with E-state index in [0.717, 1.165) is 30.8 Å². The van der Waals surface area contributed by atoms with Crippen LogP contribution in [0.2, 0.25) is 0 Å². The molecule has 1 aromatic heterocycles. The van der Waals surface area contributed by atoms with E-state index in [9.17, 15) is 4.79 Å². The Morgan fingerprint density at radius 1 is 1.33 bits per heavy atom. The van der Waals surface area contributed by atoms with E-state index in [4.69, 9.17) is 0 Å². The quantitative estimate of drug-likeness (QED) is 0.878. The maximum atomic E-state index is 12.4. The summed E-state index contributed by atoms with van der Waals surface area (Å²) in [7, 11) is 0. The molecule has 0 bridgehead atoms. The molecular formula is C19H24N4O. The van der Waals surface area contributed by atoms with Crippen LogP contribution in [0.3, 0.4) is 0 Å². The highest BCUT2D eigenvalue weighted by Crippen LogP contribution is 2.20. The van der Waals surface area contributed by atoms with Crippen molar-refractivity contribution < 1.29 is 4.79 Å². The van der Waals surface area contributed by atoms with Crippen molar-refractivity contribution in [2.24, 2.45) is 0 Å². The van der Waals surface area contributed by atoms with Crippen LogP contribution in [0, 0.1) is 6.92 Å². The number of hydrogen-bond acceptors (Lipinski definition) is 4. The fraction of sp³-hybridized carbons (Fsp3) is 0.368. The molecule has 126 valence electrons. The summed E-state index contributed by atoms with van der Waals surface area (Å²) >= 11 is 0. The third-order valence-electron chi connectivity index (χ3n) is 4.51. The number of carbonyl (C=O) groups excluding carboxylic acids is 1. The van der Waals surface area contributed by atoms with Crippen LogP contribution in [0.5, 0.6) is 0 Å². The first-order chi connectivity index (χ1) is 11.7. The van der Waals surface area contributed by atoms with Gasteiger partial charge >= 0.3 is 0 Å². The predicted molar refractivity (Wildman–Crippen MR) is 94.4 cm³/mol. The minimum absolute atomic E-state index is 0.0639. The fourth-order valence-corrected chi connectivity index (χ4v) is 3.08. The van der Waals surface area contributed by atoms with Crippen LogP contribution in [0.25, 0.3) is 0 Å². The first-order valence-electron chi connectivity index (χ1n) is 8.40. The van der Waals surface area contributed by atoms with E-state index in [1.165, 1.54) is 5.56 Å². The molecule has 0 aliphatic carbocycles. The Balaban J connectivity index is 1.59. The van der Waals surface area contributed by atoms with E-state index in [0.29, 0.717) is 13.1 Å². The summed E-state index contributed by atoms with van der Waals surface area (Å²) in [6.07, 6.45) is 3.66. The molecule has 1 aromatic carbocycles. The summed E-state index contributed by atoms with van der Waals surface area (Å²) in [5.74, 6) is 0.0639. The van der Waals surface area contributed by atoms with Gasteiger partial charge in [0, 0.05) is 44.6 Å². The van der Waals surface area contributed by atoms with Crippen molar-refractivity contribution in [3.05, 3.63) is 65.5 Å². The molecule has 2 N–H and O–H groups in total. The summed E-state index contributed by atoms with van der Waals surface area (Å²) in [5.41, 5.74) is 3.51. The van der Waals surface area contributed by atoms with Gasteiger partial charge in [0.15, 0.2) is 0 Å². The van der Waals surface area contributed by atoms with E-state index < -0.39 is 0 Å². The molecule has 1 aliphatic heterocycles.